The van der Waals surface area contributed by atoms with E-state index in [-0.39, 0.29) is 6.61 Å². The van der Waals surface area contributed by atoms with E-state index in [9.17, 15) is 4.79 Å². The second-order valence-electron chi connectivity index (χ2n) is 1.84. The minimum atomic E-state index is -0.894. The molecule has 0 aliphatic carbocycles. The van der Waals surface area contributed by atoms with Crippen LogP contribution in [-0.2, 0) is 9.53 Å². The summed E-state index contributed by atoms with van der Waals surface area (Å²) in [6, 6.07) is 0. The van der Waals surface area contributed by atoms with Crippen LogP contribution in [0.1, 0.15) is 12.8 Å². The molecule has 1 N–H and O–H groups in total. The van der Waals surface area contributed by atoms with Crippen molar-refractivity contribution in [1.82, 2.24) is 0 Å². The standard InChI is InChI=1S/C6H11IO3/c7-3-1-2-4-10-5-6(8)9/h1-5H2,(H,8,9). The summed E-state index contributed by atoms with van der Waals surface area (Å²) < 4.78 is 5.90. The summed E-state index contributed by atoms with van der Waals surface area (Å²) in [5.74, 6) is -0.894. The number of hydrogen-bond acceptors (Lipinski definition) is 2. The van der Waals surface area contributed by atoms with Gasteiger partial charge in [0.05, 0.1) is 0 Å². The first kappa shape index (κ1) is 10.2. The van der Waals surface area contributed by atoms with Gasteiger partial charge in [-0.15, -0.1) is 0 Å². The number of hydrogen-bond donors (Lipinski definition) is 1. The fourth-order valence-corrected chi connectivity index (χ4v) is 0.997. The van der Waals surface area contributed by atoms with Crippen molar-refractivity contribution >= 4 is 28.6 Å². The van der Waals surface area contributed by atoms with Gasteiger partial charge in [0.15, 0.2) is 0 Å². The smallest absolute Gasteiger partial charge is 0.329 e. The van der Waals surface area contributed by atoms with Crippen LogP contribution in [0.25, 0.3) is 0 Å². The Morgan fingerprint density at radius 3 is 2.70 bits per heavy atom. The van der Waals surface area contributed by atoms with Gasteiger partial charge in [0.25, 0.3) is 0 Å². The monoisotopic (exact) mass is 258 g/mol. The van der Waals surface area contributed by atoms with Gasteiger partial charge in [-0.2, -0.15) is 0 Å². The molecule has 0 aliphatic rings. The number of carboxylic acids is 1. The minimum absolute atomic E-state index is 0.165. The van der Waals surface area contributed by atoms with Crippen LogP contribution in [0.2, 0.25) is 0 Å². The number of halogens is 1. The molecule has 0 rings (SSSR count). The highest BCUT2D eigenvalue weighted by Gasteiger charge is 1.94. The van der Waals surface area contributed by atoms with Crippen LogP contribution >= 0.6 is 22.6 Å². The molecule has 0 bridgehead atoms. The third kappa shape index (κ3) is 8.16. The van der Waals surface area contributed by atoms with Crippen LogP contribution in [-0.4, -0.2) is 28.7 Å². The SMILES string of the molecule is O=C(O)COCCCCI. The van der Waals surface area contributed by atoms with Gasteiger partial charge < -0.3 is 9.84 Å². The predicted molar refractivity (Wildman–Crippen MR) is 46.6 cm³/mol. The van der Waals surface area contributed by atoms with Crippen molar-refractivity contribution in [2.75, 3.05) is 17.6 Å². The number of rotatable bonds is 6. The number of carboxylic acid groups (broad SMARTS) is 1. The van der Waals surface area contributed by atoms with E-state index in [4.69, 9.17) is 9.84 Å². The first-order valence-corrected chi connectivity index (χ1v) is 4.65. The summed E-state index contributed by atoms with van der Waals surface area (Å²) in [4.78, 5) is 9.91. The van der Waals surface area contributed by atoms with Crippen molar-refractivity contribution in [2.45, 2.75) is 12.8 Å². The summed E-state index contributed by atoms with van der Waals surface area (Å²) in [5.41, 5.74) is 0. The zero-order chi connectivity index (χ0) is 7.82. The second kappa shape index (κ2) is 7.27. The van der Waals surface area contributed by atoms with Crippen molar-refractivity contribution in [2.24, 2.45) is 0 Å². The third-order valence-electron chi connectivity index (χ3n) is 0.898. The maximum absolute atomic E-state index is 9.91. The van der Waals surface area contributed by atoms with E-state index in [1.807, 2.05) is 0 Å². The highest BCUT2D eigenvalue weighted by molar-refractivity contribution is 14.1. The zero-order valence-electron chi connectivity index (χ0n) is 5.68. The molecule has 4 heteroatoms. The second-order valence-corrected chi connectivity index (χ2v) is 2.92. The average Bonchev–Trinajstić information content (AvgIpc) is 1.87. The molecule has 0 radical (unpaired) electrons. The van der Waals surface area contributed by atoms with E-state index in [2.05, 4.69) is 22.6 Å². The van der Waals surface area contributed by atoms with Crippen LogP contribution in [0.3, 0.4) is 0 Å². The van der Waals surface area contributed by atoms with E-state index >= 15 is 0 Å². The lowest BCUT2D eigenvalue weighted by Gasteiger charge is -1.97. The van der Waals surface area contributed by atoms with Gasteiger partial charge in [0.1, 0.15) is 6.61 Å². The Labute approximate surface area is 73.9 Å². The van der Waals surface area contributed by atoms with E-state index in [0.717, 1.165) is 17.3 Å². The topological polar surface area (TPSA) is 46.5 Å². The Morgan fingerprint density at radius 2 is 2.20 bits per heavy atom. The van der Waals surface area contributed by atoms with Gasteiger partial charge in [-0.3, -0.25) is 0 Å². The molecule has 0 aromatic carbocycles. The Bertz CT molecular complexity index is 95.0. The molecule has 0 unspecified atom stereocenters. The summed E-state index contributed by atoms with van der Waals surface area (Å²) in [7, 11) is 0. The summed E-state index contributed by atoms with van der Waals surface area (Å²) >= 11 is 2.28. The van der Waals surface area contributed by atoms with E-state index in [1.54, 1.807) is 0 Å². The Morgan fingerprint density at radius 1 is 1.50 bits per heavy atom. The Kier molecular flexibility index (Phi) is 7.39. The first-order valence-electron chi connectivity index (χ1n) is 3.13. The first-order chi connectivity index (χ1) is 4.77. The van der Waals surface area contributed by atoms with Crippen LogP contribution in [0.5, 0.6) is 0 Å². The van der Waals surface area contributed by atoms with Gasteiger partial charge in [-0.1, -0.05) is 22.6 Å². The Balaban J connectivity index is 2.84. The van der Waals surface area contributed by atoms with Gasteiger partial charge in [-0.05, 0) is 17.3 Å². The van der Waals surface area contributed by atoms with Crippen molar-refractivity contribution in [3.8, 4) is 0 Å². The molecule has 0 atom stereocenters. The van der Waals surface area contributed by atoms with Gasteiger partial charge in [0.2, 0.25) is 0 Å². The lowest BCUT2D eigenvalue weighted by molar-refractivity contribution is -0.142. The van der Waals surface area contributed by atoms with Crippen LogP contribution in [0.4, 0.5) is 0 Å². The molecule has 0 spiro atoms. The maximum atomic E-state index is 9.91. The van der Waals surface area contributed by atoms with E-state index in [1.165, 1.54) is 0 Å². The molecule has 10 heavy (non-hydrogen) atoms. The van der Waals surface area contributed by atoms with Crippen LogP contribution in [0.15, 0.2) is 0 Å². The molecule has 3 nitrogen and oxygen atoms in total. The third-order valence-corrected chi connectivity index (χ3v) is 1.66. The minimum Gasteiger partial charge on any atom is -0.480 e. The largest absolute Gasteiger partial charge is 0.480 e. The fourth-order valence-electron chi connectivity index (χ4n) is 0.458. The van der Waals surface area contributed by atoms with Crippen molar-refractivity contribution < 1.29 is 14.6 Å². The zero-order valence-corrected chi connectivity index (χ0v) is 7.83. The average molecular weight is 258 g/mol. The molecule has 0 aromatic heterocycles. The summed E-state index contributed by atoms with van der Waals surface area (Å²) in [5, 5.41) is 8.14. The lowest BCUT2D eigenvalue weighted by atomic mass is 10.4. The summed E-state index contributed by atoms with van der Waals surface area (Å²) in [6.45, 7) is 0.399. The molecule has 0 heterocycles. The quantitative estimate of drug-likeness (QED) is 0.443. The molecule has 0 fully saturated rings. The van der Waals surface area contributed by atoms with Gasteiger partial charge in [-0.25, -0.2) is 4.79 Å². The molecular formula is C6H11IO3. The lowest BCUT2D eigenvalue weighted by Crippen LogP contribution is -2.07. The summed E-state index contributed by atoms with van der Waals surface area (Å²) in [6.07, 6.45) is 2.05. The number of alkyl halides is 1. The highest BCUT2D eigenvalue weighted by Crippen LogP contribution is 1.94. The molecule has 60 valence electrons. The van der Waals surface area contributed by atoms with Gasteiger partial charge >= 0.3 is 5.97 Å². The molecule has 0 amide bonds. The van der Waals surface area contributed by atoms with Crippen molar-refractivity contribution in [3.63, 3.8) is 0 Å². The fraction of sp³-hybridized carbons (Fsp3) is 0.833. The molecule has 0 saturated carbocycles. The van der Waals surface area contributed by atoms with Crippen LogP contribution in [0, 0.1) is 0 Å². The maximum Gasteiger partial charge on any atom is 0.329 e. The van der Waals surface area contributed by atoms with Crippen molar-refractivity contribution in [1.29, 1.82) is 0 Å². The molecular weight excluding hydrogens is 247 g/mol. The highest BCUT2D eigenvalue weighted by atomic mass is 127. The van der Waals surface area contributed by atoms with Crippen LogP contribution < -0.4 is 0 Å². The number of ether oxygens (including phenoxy) is 1. The van der Waals surface area contributed by atoms with E-state index < -0.39 is 5.97 Å². The molecule has 0 aromatic rings. The molecule has 0 saturated heterocycles. The number of aliphatic carboxylic acids is 1. The normalized spacial score (nSPS) is 9.70. The number of carbonyl (C=O) groups is 1. The Hall–Kier alpha value is 0.160. The molecule has 0 aliphatic heterocycles. The predicted octanol–water partition coefficient (Wildman–Crippen LogP) is 1.30. The van der Waals surface area contributed by atoms with Crippen molar-refractivity contribution in [3.05, 3.63) is 0 Å². The van der Waals surface area contributed by atoms with E-state index in [0.29, 0.717) is 6.61 Å². The number of unbranched alkanes of at least 4 members (excludes halogenated alkanes) is 1. The van der Waals surface area contributed by atoms with Gasteiger partial charge in [0, 0.05) is 6.61 Å².